The van der Waals surface area contributed by atoms with Crippen LogP contribution in [0.2, 0.25) is 5.02 Å². The first-order chi connectivity index (χ1) is 13.2. The van der Waals surface area contributed by atoms with Crippen LogP contribution in [-0.2, 0) is 16.0 Å². The summed E-state index contributed by atoms with van der Waals surface area (Å²) in [5, 5.41) is 6.63. The van der Waals surface area contributed by atoms with Crippen LogP contribution in [0.5, 0.6) is 0 Å². The lowest BCUT2D eigenvalue weighted by atomic mass is 10.1. The van der Waals surface area contributed by atoms with Gasteiger partial charge in [0.05, 0.1) is 16.6 Å². The summed E-state index contributed by atoms with van der Waals surface area (Å²) in [6.45, 7) is 5.40. The Morgan fingerprint density at radius 1 is 1.11 bits per heavy atom. The van der Waals surface area contributed by atoms with E-state index in [0.717, 1.165) is 15.8 Å². The van der Waals surface area contributed by atoms with Crippen LogP contribution < -0.4 is 10.6 Å². The Balaban J connectivity index is 1.57. The minimum Gasteiger partial charge on any atom is -0.444 e. The van der Waals surface area contributed by atoms with Crippen LogP contribution in [0.1, 0.15) is 26.3 Å². The monoisotopic (exact) mass is 417 g/mol. The average molecular weight is 418 g/mol. The Morgan fingerprint density at radius 2 is 1.82 bits per heavy atom. The highest BCUT2D eigenvalue weighted by molar-refractivity contribution is 7.22. The summed E-state index contributed by atoms with van der Waals surface area (Å²) in [5.41, 5.74) is 1.65. The van der Waals surface area contributed by atoms with Gasteiger partial charge in [-0.3, -0.25) is 10.1 Å². The molecule has 0 atom stereocenters. The fraction of sp³-hybridized carbons (Fsp3) is 0.250. The Hall–Kier alpha value is -2.64. The molecule has 2 N–H and O–H groups in total. The van der Waals surface area contributed by atoms with Gasteiger partial charge in [0.15, 0.2) is 5.13 Å². The van der Waals surface area contributed by atoms with Crippen LogP contribution in [-0.4, -0.2) is 22.6 Å². The van der Waals surface area contributed by atoms with E-state index in [4.69, 9.17) is 16.3 Å². The third-order valence-electron chi connectivity index (χ3n) is 3.56. The molecule has 6 nitrogen and oxygen atoms in total. The summed E-state index contributed by atoms with van der Waals surface area (Å²) < 4.78 is 6.12. The molecule has 8 heteroatoms. The zero-order valence-electron chi connectivity index (χ0n) is 15.7. The quantitative estimate of drug-likeness (QED) is 0.589. The number of rotatable bonds is 4. The van der Waals surface area contributed by atoms with E-state index in [0.29, 0.717) is 15.8 Å². The molecule has 146 valence electrons. The van der Waals surface area contributed by atoms with Crippen LogP contribution in [0.4, 0.5) is 15.6 Å². The van der Waals surface area contributed by atoms with Crippen molar-refractivity contribution in [3.63, 3.8) is 0 Å². The van der Waals surface area contributed by atoms with Crippen molar-refractivity contribution >= 4 is 56.0 Å². The molecule has 28 heavy (non-hydrogen) atoms. The second-order valence-electron chi connectivity index (χ2n) is 7.18. The van der Waals surface area contributed by atoms with Gasteiger partial charge in [-0.15, -0.1) is 0 Å². The van der Waals surface area contributed by atoms with Crippen molar-refractivity contribution in [1.29, 1.82) is 0 Å². The van der Waals surface area contributed by atoms with E-state index in [1.807, 2.05) is 12.1 Å². The zero-order valence-corrected chi connectivity index (χ0v) is 17.3. The predicted molar refractivity (Wildman–Crippen MR) is 113 cm³/mol. The van der Waals surface area contributed by atoms with Gasteiger partial charge >= 0.3 is 6.09 Å². The van der Waals surface area contributed by atoms with Crippen molar-refractivity contribution in [2.24, 2.45) is 0 Å². The molecule has 0 saturated carbocycles. The third kappa shape index (κ3) is 5.68. The first kappa shape index (κ1) is 20.1. The van der Waals surface area contributed by atoms with Crippen LogP contribution >= 0.6 is 22.9 Å². The topological polar surface area (TPSA) is 80.3 Å². The molecule has 0 fully saturated rings. The second kappa shape index (κ2) is 8.16. The van der Waals surface area contributed by atoms with Gasteiger partial charge in [0, 0.05) is 10.7 Å². The van der Waals surface area contributed by atoms with Crippen molar-refractivity contribution in [3.8, 4) is 0 Å². The normalized spacial score (nSPS) is 11.3. The minimum atomic E-state index is -0.561. The number of carbonyl (C=O) groups is 2. The smallest absolute Gasteiger partial charge is 0.412 e. The Bertz CT molecular complexity index is 1010. The maximum Gasteiger partial charge on any atom is 0.412 e. The van der Waals surface area contributed by atoms with Gasteiger partial charge in [-0.2, -0.15) is 0 Å². The molecule has 0 unspecified atom stereocenters. The Morgan fingerprint density at radius 3 is 2.50 bits per heavy atom. The minimum absolute atomic E-state index is 0.169. The first-order valence-electron chi connectivity index (χ1n) is 8.63. The maximum atomic E-state index is 12.3. The summed E-state index contributed by atoms with van der Waals surface area (Å²) in [4.78, 5) is 28.4. The number of benzene rings is 2. The molecule has 3 aromatic rings. The van der Waals surface area contributed by atoms with Gasteiger partial charge in [0.1, 0.15) is 5.60 Å². The van der Waals surface area contributed by atoms with E-state index >= 15 is 0 Å². The molecule has 0 bridgehead atoms. The molecule has 0 aliphatic rings. The predicted octanol–water partition coefficient (Wildman–Crippen LogP) is 5.48. The average Bonchev–Trinajstić information content (AvgIpc) is 2.96. The summed E-state index contributed by atoms with van der Waals surface area (Å²) in [7, 11) is 0. The maximum absolute atomic E-state index is 12.3. The largest absolute Gasteiger partial charge is 0.444 e. The number of halogens is 1. The number of hydrogen-bond donors (Lipinski definition) is 2. The second-order valence-corrected chi connectivity index (χ2v) is 8.65. The van der Waals surface area contributed by atoms with Gasteiger partial charge in [0.25, 0.3) is 0 Å². The number of carbonyl (C=O) groups excluding carboxylic acids is 2. The molecule has 1 aromatic heterocycles. The van der Waals surface area contributed by atoms with Crippen molar-refractivity contribution in [2.45, 2.75) is 32.8 Å². The van der Waals surface area contributed by atoms with E-state index in [-0.39, 0.29) is 12.3 Å². The van der Waals surface area contributed by atoms with Crippen molar-refractivity contribution < 1.29 is 14.3 Å². The number of nitrogens with zero attached hydrogens (tertiary/aromatic N) is 1. The van der Waals surface area contributed by atoms with E-state index in [1.54, 1.807) is 51.1 Å². The van der Waals surface area contributed by atoms with Gasteiger partial charge in [-0.05, 0) is 56.7 Å². The first-order valence-corrected chi connectivity index (χ1v) is 9.82. The molecule has 2 aromatic carbocycles. The molecular formula is C20H20ClN3O3S. The number of thiazole rings is 1. The number of ether oxygens (including phenoxy) is 1. The third-order valence-corrected chi connectivity index (χ3v) is 4.73. The number of aromatic nitrogens is 1. The van der Waals surface area contributed by atoms with Crippen molar-refractivity contribution in [2.75, 3.05) is 10.6 Å². The molecule has 0 saturated heterocycles. The number of amides is 2. The number of hydrogen-bond acceptors (Lipinski definition) is 5. The van der Waals surface area contributed by atoms with Crippen molar-refractivity contribution in [3.05, 3.63) is 53.1 Å². The Kier molecular flexibility index (Phi) is 5.86. The summed E-state index contributed by atoms with van der Waals surface area (Å²) >= 11 is 7.35. The van der Waals surface area contributed by atoms with Gasteiger partial charge < -0.3 is 10.1 Å². The van der Waals surface area contributed by atoms with Crippen LogP contribution in [0.15, 0.2) is 42.5 Å². The van der Waals surface area contributed by atoms with Crippen LogP contribution in [0.3, 0.4) is 0 Å². The molecule has 3 rings (SSSR count). The fourth-order valence-corrected chi connectivity index (χ4v) is 3.59. The molecule has 0 aliphatic heterocycles. The van der Waals surface area contributed by atoms with Crippen LogP contribution in [0, 0.1) is 0 Å². The van der Waals surface area contributed by atoms with E-state index in [9.17, 15) is 9.59 Å². The number of fused-ring (bicyclic) bond motifs is 1. The lowest BCUT2D eigenvalue weighted by Gasteiger charge is -2.19. The zero-order chi connectivity index (χ0) is 20.3. The highest BCUT2D eigenvalue weighted by atomic mass is 35.5. The number of nitrogens with one attached hydrogen (secondary N) is 2. The standard InChI is InChI=1S/C20H20ClN3O3S/c1-20(2,3)27-19(26)22-14-7-4-12(5-8-14)10-17(25)24-18-23-15-9-6-13(21)11-16(15)28-18/h4-9,11H,10H2,1-3H3,(H,22,26)(H,23,24,25). The molecule has 0 aliphatic carbocycles. The lowest BCUT2D eigenvalue weighted by molar-refractivity contribution is -0.115. The van der Waals surface area contributed by atoms with Gasteiger partial charge in [-0.25, -0.2) is 9.78 Å². The van der Waals surface area contributed by atoms with Gasteiger partial charge in [0.2, 0.25) is 5.91 Å². The lowest BCUT2D eigenvalue weighted by Crippen LogP contribution is -2.27. The summed E-state index contributed by atoms with van der Waals surface area (Å²) in [5.74, 6) is -0.169. The van der Waals surface area contributed by atoms with Crippen LogP contribution in [0.25, 0.3) is 10.2 Å². The van der Waals surface area contributed by atoms with E-state index in [2.05, 4.69) is 15.6 Å². The van der Waals surface area contributed by atoms with E-state index < -0.39 is 11.7 Å². The molecule has 0 spiro atoms. The fourth-order valence-electron chi connectivity index (χ4n) is 2.43. The molecule has 0 radical (unpaired) electrons. The molecular weight excluding hydrogens is 398 g/mol. The highest BCUT2D eigenvalue weighted by Crippen LogP contribution is 2.28. The molecule has 2 amide bonds. The van der Waals surface area contributed by atoms with E-state index in [1.165, 1.54) is 11.3 Å². The summed E-state index contributed by atoms with van der Waals surface area (Å²) in [6.07, 6.45) is -0.322. The van der Waals surface area contributed by atoms with Crippen molar-refractivity contribution in [1.82, 2.24) is 4.98 Å². The molecule has 1 heterocycles. The summed E-state index contributed by atoms with van der Waals surface area (Å²) in [6, 6.07) is 12.4. The van der Waals surface area contributed by atoms with Gasteiger partial charge in [-0.1, -0.05) is 35.1 Å². The Labute approximate surface area is 171 Å². The SMILES string of the molecule is CC(C)(C)OC(=O)Nc1ccc(CC(=O)Nc2nc3ccc(Cl)cc3s2)cc1. The number of anilines is 2. The highest BCUT2D eigenvalue weighted by Gasteiger charge is 2.16.